The lowest BCUT2D eigenvalue weighted by Gasteiger charge is -2.18. The lowest BCUT2D eigenvalue weighted by molar-refractivity contribution is 0.0940. The summed E-state index contributed by atoms with van der Waals surface area (Å²) >= 11 is 1.56. The molecule has 140 valence electrons. The van der Waals surface area contributed by atoms with Crippen LogP contribution in [0.25, 0.3) is 11.0 Å². The second kappa shape index (κ2) is 7.82. The van der Waals surface area contributed by atoms with Gasteiger partial charge in [-0.2, -0.15) is 0 Å². The minimum Gasteiger partial charge on any atom is -0.422 e. The van der Waals surface area contributed by atoms with Crippen LogP contribution in [0.2, 0.25) is 0 Å². The molecule has 0 aliphatic carbocycles. The summed E-state index contributed by atoms with van der Waals surface area (Å²) in [6, 6.07) is 20.5. The number of carbonyl (C=O) groups excluding carboxylic acids is 1. The molecule has 0 saturated heterocycles. The molecule has 0 spiro atoms. The van der Waals surface area contributed by atoms with Gasteiger partial charge in [-0.3, -0.25) is 4.79 Å². The summed E-state index contributed by atoms with van der Waals surface area (Å²) in [4.78, 5) is 26.3. The maximum atomic E-state index is 12.9. The van der Waals surface area contributed by atoms with Gasteiger partial charge in [-0.05, 0) is 41.1 Å². The molecule has 4 nitrogen and oxygen atoms in total. The van der Waals surface area contributed by atoms with Gasteiger partial charge in [-0.1, -0.05) is 55.5 Å². The molecule has 0 bridgehead atoms. The molecule has 2 aromatic carbocycles. The van der Waals surface area contributed by atoms with Crippen LogP contribution in [0.15, 0.2) is 81.3 Å². The minimum atomic E-state index is -0.637. The van der Waals surface area contributed by atoms with Crippen molar-refractivity contribution in [3.8, 4) is 0 Å². The molecular weight excluding hydrogens is 370 g/mol. The molecule has 1 amide bonds. The lowest BCUT2D eigenvalue weighted by Crippen LogP contribution is -2.32. The minimum absolute atomic E-state index is 0.00503. The molecule has 2 aromatic heterocycles. The number of thiophene rings is 1. The Kier molecular flexibility index (Phi) is 5.08. The molecule has 0 aliphatic rings. The number of para-hydroxylation sites is 1. The Hall–Kier alpha value is -3.18. The molecule has 1 unspecified atom stereocenters. The average molecular weight is 389 g/mol. The molecular formula is C23H19NO3S. The van der Waals surface area contributed by atoms with E-state index in [0.717, 1.165) is 16.9 Å². The van der Waals surface area contributed by atoms with E-state index in [4.69, 9.17) is 4.42 Å². The molecule has 5 heteroatoms. The Morgan fingerprint density at radius 1 is 1.07 bits per heavy atom. The van der Waals surface area contributed by atoms with Crippen molar-refractivity contribution in [2.24, 2.45) is 0 Å². The van der Waals surface area contributed by atoms with E-state index in [2.05, 4.69) is 24.4 Å². The van der Waals surface area contributed by atoms with Crippen LogP contribution in [0.1, 0.15) is 39.3 Å². The zero-order valence-electron chi connectivity index (χ0n) is 15.3. The summed E-state index contributed by atoms with van der Waals surface area (Å²) in [6.07, 6.45) is 0.953. The topological polar surface area (TPSA) is 59.3 Å². The van der Waals surface area contributed by atoms with Crippen molar-refractivity contribution in [1.82, 2.24) is 5.32 Å². The first-order valence-electron chi connectivity index (χ1n) is 9.11. The van der Waals surface area contributed by atoms with E-state index in [0.29, 0.717) is 11.0 Å². The zero-order chi connectivity index (χ0) is 19.5. The van der Waals surface area contributed by atoms with Crippen molar-refractivity contribution in [2.45, 2.75) is 19.4 Å². The van der Waals surface area contributed by atoms with Crippen molar-refractivity contribution >= 4 is 28.2 Å². The Balaban J connectivity index is 1.69. The lowest BCUT2D eigenvalue weighted by atomic mass is 10.0. The number of hydrogen-bond donors (Lipinski definition) is 1. The average Bonchev–Trinajstić information content (AvgIpc) is 3.26. The highest BCUT2D eigenvalue weighted by atomic mass is 32.1. The molecule has 0 radical (unpaired) electrons. The Labute approximate surface area is 166 Å². The highest BCUT2D eigenvalue weighted by Gasteiger charge is 2.21. The first kappa shape index (κ1) is 18.2. The zero-order valence-corrected chi connectivity index (χ0v) is 16.2. The predicted molar refractivity (Wildman–Crippen MR) is 112 cm³/mol. The van der Waals surface area contributed by atoms with E-state index in [-0.39, 0.29) is 11.6 Å². The molecule has 28 heavy (non-hydrogen) atoms. The molecule has 1 atom stereocenters. The normalized spacial score (nSPS) is 12.0. The number of amides is 1. The van der Waals surface area contributed by atoms with Crippen LogP contribution in [-0.4, -0.2) is 5.91 Å². The Bertz CT molecular complexity index is 1160. The third-order valence-corrected chi connectivity index (χ3v) is 5.65. The second-order valence-corrected chi connectivity index (χ2v) is 7.48. The van der Waals surface area contributed by atoms with Gasteiger partial charge in [-0.15, -0.1) is 11.3 Å². The van der Waals surface area contributed by atoms with Crippen molar-refractivity contribution < 1.29 is 9.21 Å². The number of fused-ring (bicyclic) bond motifs is 1. The van der Waals surface area contributed by atoms with Gasteiger partial charge in [0.25, 0.3) is 5.91 Å². The summed E-state index contributed by atoms with van der Waals surface area (Å²) in [6.45, 7) is 2.10. The number of rotatable bonds is 5. The van der Waals surface area contributed by atoms with Gasteiger partial charge in [0.1, 0.15) is 11.1 Å². The van der Waals surface area contributed by atoms with E-state index in [9.17, 15) is 9.59 Å². The number of benzene rings is 2. The largest absolute Gasteiger partial charge is 0.422 e. The fourth-order valence-electron chi connectivity index (χ4n) is 3.15. The standard InChI is InChI=1S/C23H19NO3S/c1-2-15-9-11-16(12-10-15)21(20-8-5-13-28-20)24-22(25)18-14-17-6-3-4-7-19(17)27-23(18)26/h3-14,21H,2H2,1H3,(H,24,25). The van der Waals surface area contributed by atoms with Crippen LogP contribution >= 0.6 is 11.3 Å². The van der Waals surface area contributed by atoms with Crippen LogP contribution in [-0.2, 0) is 6.42 Å². The first-order chi connectivity index (χ1) is 13.7. The van der Waals surface area contributed by atoms with Gasteiger partial charge in [0.05, 0.1) is 6.04 Å². The van der Waals surface area contributed by atoms with Crippen LogP contribution in [0.3, 0.4) is 0 Å². The maximum Gasteiger partial charge on any atom is 0.349 e. The smallest absolute Gasteiger partial charge is 0.349 e. The highest BCUT2D eigenvalue weighted by molar-refractivity contribution is 7.10. The van der Waals surface area contributed by atoms with Gasteiger partial charge in [0, 0.05) is 10.3 Å². The quantitative estimate of drug-likeness (QED) is 0.492. The maximum absolute atomic E-state index is 12.9. The monoisotopic (exact) mass is 389 g/mol. The van der Waals surface area contributed by atoms with Crippen molar-refractivity contribution in [2.75, 3.05) is 0 Å². The van der Waals surface area contributed by atoms with E-state index >= 15 is 0 Å². The van der Waals surface area contributed by atoms with Crippen molar-refractivity contribution in [3.63, 3.8) is 0 Å². The number of nitrogens with one attached hydrogen (secondary N) is 1. The predicted octanol–water partition coefficient (Wildman–Crippen LogP) is 4.94. The van der Waals surface area contributed by atoms with Gasteiger partial charge in [0.15, 0.2) is 0 Å². The summed E-state index contributed by atoms with van der Waals surface area (Å²) in [5, 5.41) is 5.69. The fraction of sp³-hybridized carbons (Fsp3) is 0.130. The molecule has 4 rings (SSSR count). The fourth-order valence-corrected chi connectivity index (χ4v) is 3.95. The Morgan fingerprint density at radius 3 is 2.57 bits per heavy atom. The number of carbonyl (C=O) groups is 1. The second-order valence-electron chi connectivity index (χ2n) is 6.50. The van der Waals surface area contributed by atoms with E-state index in [1.54, 1.807) is 29.5 Å². The van der Waals surface area contributed by atoms with Gasteiger partial charge < -0.3 is 9.73 Å². The molecule has 1 N–H and O–H groups in total. The molecule has 0 fully saturated rings. The van der Waals surface area contributed by atoms with Gasteiger partial charge in [0.2, 0.25) is 0 Å². The van der Waals surface area contributed by atoms with Gasteiger partial charge >= 0.3 is 5.63 Å². The van der Waals surface area contributed by atoms with E-state index in [1.807, 2.05) is 41.8 Å². The summed E-state index contributed by atoms with van der Waals surface area (Å²) < 4.78 is 5.31. The Morgan fingerprint density at radius 2 is 1.86 bits per heavy atom. The molecule has 2 heterocycles. The van der Waals surface area contributed by atoms with Gasteiger partial charge in [-0.25, -0.2) is 4.79 Å². The third-order valence-electron chi connectivity index (χ3n) is 4.71. The molecule has 0 aliphatic heterocycles. The van der Waals surface area contributed by atoms with E-state index in [1.165, 1.54) is 5.56 Å². The van der Waals surface area contributed by atoms with Crippen LogP contribution in [0, 0.1) is 0 Å². The summed E-state index contributed by atoms with van der Waals surface area (Å²) in [5.41, 5.74) is 2.04. The van der Waals surface area contributed by atoms with Crippen molar-refractivity contribution in [1.29, 1.82) is 0 Å². The molecule has 0 saturated carbocycles. The SMILES string of the molecule is CCc1ccc(C(NC(=O)c2cc3ccccc3oc2=O)c2cccs2)cc1. The van der Waals surface area contributed by atoms with Crippen LogP contribution in [0.4, 0.5) is 0 Å². The highest BCUT2D eigenvalue weighted by Crippen LogP contribution is 2.27. The first-order valence-corrected chi connectivity index (χ1v) is 9.99. The summed E-state index contributed by atoms with van der Waals surface area (Å²) in [7, 11) is 0. The van der Waals surface area contributed by atoms with Crippen molar-refractivity contribution in [3.05, 3.63) is 104 Å². The molecule has 4 aromatic rings. The van der Waals surface area contributed by atoms with Crippen LogP contribution in [0.5, 0.6) is 0 Å². The summed E-state index contributed by atoms with van der Waals surface area (Å²) in [5.74, 6) is -0.447. The third kappa shape index (κ3) is 3.62. The van der Waals surface area contributed by atoms with Crippen LogP contribution < -0.4 is 10.9 Å². The number of aryl methyl sites for hydroxylation is 1. The number of hydrogen-bond acceptors (Lipinski definition) is 4. The van der Waals surface area contributed by atoms with E-state index < -0.39 is 11.5 Å².